The van der Waals surface area contributed by atoms with Gasteiger partial charge in [0.05, 0.1) is 17.8 Å². The van der Waals surface area contributed by atoms with Crippen molar-refractivity contribution in [3.05, 3.63) is 119 Å². The Bertz CT molecular complexity index is 2000. The molecule has 3 heterocycles. The molecule has 284 valence electrons. The molecule has 1 atom stereocenters. The number of benzene rings is 3. The Labute approximate surface area is 297 Å². The molecule has 0 aliphatic carbocycles. The first-order valence-electron chi connectivity index (χ1n) is 16.2. The summed E-state index contributed by atoms with van der Waals surface area (Å²) in [6.45, 7) is -1.80. The van der Waals surface area contributed by atoms with Crippen LogP contribution < -0.4 is 0 Å². The zero-order valence-electron chi connectivity index (χ0n) is 27.5. The number of hydrogen-bond donors (Lipinski definition) is 1. The van der Waals surface area contributed by atoms with Gasteiger partial charge in [0, 0.05) is 55.1 Å². The molecule has 1 aromatic heterocycles. The minimum atomic E-state index is -6.23. The average Bonchev–Trinajstić information content (AvgIpc) is 3.81. The molecule has 2 aliphatic heterocycles. The molecule has 4 aromatic rings. The van der Waals surface area contributed by atoms with E-state index in [9.17, 15) is 52.7 Å². The quantitative estimate of drug-likeness (QED) is 0.146. The van der Waals surface area contributed by atoms with E-state index in [1.54, 1.807) is 6.20 Å². The SMILES string of the molecule is O=C(N1CCC(c2cnc[nH]2)CC1)N1CC[C@](c2ccc(C(OCc3c(F)cccc3F)(C(F)(F)F)C(F)(F)F)cc2)(S(=O)(=O)c2ccc(F)cc2)C1. The van der Waals surface area contributed by atoms with Crippen LogP contribution in [0.15, 0.2) is 84.1 Å². The van der Waals surface area contributed by atoms with Gasteiger partial charge in [0.1, 0.15) is 22.2 Å². The maximum atomic E-state index is 14.6. The van der Waals surface area contributed by atoms with Crippen molar-refractivity contribution in [3.8, 4) is 0 Å². The molecule has 0 spiro atoms. The number of piperidine rings is 1. The molecule has 2 aliphatic rings. The lowest BCUT2D eigenvalue weighted by Crippen LogP contribution is -2.56. The number of alkyl halides is 6. The fraction of sp³-hybridized carbons (Fsp3) is 0.371. The van der Waals surface area contributed by atoms with E-state index in [1.165, 1.54) is 16.1 Å². The predicted molar refractivity (Wildman–Crippen MR) is 170 cm³/mol. The second-order valence-corrected chi connectivity index (χ2v) is 15.2. The van der Waals surface area contributed by atoms with Crippen LogP contribution in [-0.4, -0.2) is 72.7 Å². The molecule has 3 aromatic carbocycles. The lowest BCUT2D eigenvalue weighted by atomic mass is 9.88. The second-order valence-electron chi connectivity index (χ2n) is 12.9. The van der Waals surface area contributed by atoms with Crippen molar-refractivity contribution in [2.24, 2.45) is 0 Å². The number of aromatic nitrogens is 2. The van der Waals surface area contributed by atoms with Gasteiger partial charge in [-0.1, -0.05) is 30.3 Å². The van der Waals surface area contributed by atoms with Gasteiger partial charge >= 0.3 is 18.4 Å². The Hall–Kier alpha value is -4.58. The third-order valence-corrected chi connectivity index (χ3v) is 12.5. The van der Waals surface area contributed by atoms with Crippen molar-refractivity contribution in [2.45, 2.75) is 59.4 Å². The summed E-state index contributed by atoms with van der Waals surface area (Å²) in [4.78, 5) is 23.2. The summed E-state index contributed by atoms with van der Waals surface area (Å²) in [7, 11) is -4.62. The topological polar surface area (TPSA) is 95.6 Å². The zero-order valence-corrected chi connectivity index (χ0v) is 28.3. The maximum Gasteiger partial charge on any atom is 0.430 e. The van der Waals surface area contributed by atoms with Crippen LogP contribution in [0.2, 0.25) is 0 Å². The van der Waals surface area contributed by atoms with Gasteiger partial charge in [0.15, 0.2) is 9.84 Å². The highest BCUT2D eigenvalue weighted by Crippen LogP contribution is 2.54. The monoisotopic (exact) mass is 774 g/mol. The number of sulfone groups is 1. The number of amides is 2. The van der Waals surface area contributed by atoms with Gasteiger partial charge in [-0.05, 0) is 61.2 Å². The lowest BCUT2D eigenvalue weighted by Gasteiger charge is -2.38. The molecule has 2 saturated heterocycles. The highest BCUT2D eigenvalue weighted by atomic mass is 32.2. The zero-order chi connectivity index (χ0) is 38.4. The summed E-state index contributed by atoms with van der Waals surface area (Å²) in [5.41, 5.74) is -7.17. The largest absolute Gasteiger partial charge is 0.430 e. The Balaban J connectivity index is 1.36. The first-order chi connectivity index (χ1) is 24.9. The number of carbonyl (C=O) groups is 1. The summed E-state index contributed by atoms with van der Waals surface area (Å²) in [5, 5.41) is 0. The molecule has 0 unspecified atom stereocenters. The van der Waals surface area contributed by atoms with Gasteiger partial charge in [0.25, 0.3) is 5.60 Å². The summed E-state index contributed by atoms with van der Waals surface area (Å²) in [6, 6.07) is 7.64. The van der Waals surface area contributed by atoms with E-state index in [2.05, 4.69) is 14.7 Å². The number of likely N-dealkylation sites (tertiary alicyclic amines) is 2. The molecule has 2 fully saturated rings. The first kappa shape index (κ1) is 38.2. The van der Waals surface area contributed by atoms with Crippen LogP contribution in [0.1, 0.15) is 47.6 Å². The number of hydrogen-bond acceptors (Lipinski definition) is 5. The van der Waals surface area contributed by atoms with Crippen molar-refractivity contribution in [2.75, 3.05) is 26.2 Å². The number of imidazole rings is 1. The van der Waals surface area contributed by atoms with Crippen LogP contribution in [-0.2, 0) is 31.5 Å². The molecular weight excluding hydrogens is 743 g/mol. The molecule has 0 saturated carbocycles. The number of ether oxygens (including phenoxy) is 1. The first-order valence-corrected chi connectivity index (χ1v) is 17.7. The van der Waals surface area contributed by atoms with Crippen molar-refractivity contribution >= 4 is 15.9 Å². The third kappa shape index (κ3) is 6.75. The van der Waals surface area contributed by atoms with E-state index in [4.69, 9.17) is 0 Å². The molecule has 8 nitrogen and oxygen atoms in total. The van der Waals surface area contributed by atoms with Crippen LogP contribution >= 0.6 is 0 Å². The summed E-state index contributed by atoms with van der Waals surface area (Å²) < 4.78 is 161. The minimum absolute atomic E-state index is 0.104. The van der Waals surface area contributed by atoms with Gasteiger partial charge in [-0.2, -0.15) is 26.3 Å². The van der Waals surface area contributed by atoms with Gasteiger partial charge in [-0.25, -0.2) is 31.4 Å². The van der Waals surface area contributed by atoms with Crippen LogP contribution in [0, 0.1) is 17.5 Å². The number of nitrogens with one attached hydrogen (secondary N) is 1. The van der Waals surface area contributed by atoms with E-state index >= 15 is 0 Å². The Kier molecular flexibility index (Phi) is 10.1. The summed E-state index contributed by atoms with van der Waals surface area (Å²) in [5.74, 6) is -3.54. The van der Waals surface area contributed by atoms with Crippen molar-refractivity contribution in [1.29, 1.82) is 0 Å². The standard InChI is InChI=1S/C35H31F9N4O4S/c36-25-8-10-26(11-9-25)53(50,51)32(14-17-48(20-32)31(49)47-15-12-22(13-16-47)30-18-45-21-46-30)23-4-6-24(7-5-23)33(34(39,40)41,35(42,43)44)52-19-27-28(37)2-1-3-29(27)38/h1-11,18,21-22H,12-17,19-20H2,(H,45,46)/t32-/m0/s1. The van der Waals surface area contributed by atoms with Crippen LogP contribution in [0.3, 0.4) is 0 Å². The Morgan fingerprint density at radius 1 is 0.849 bits per heavy atom. The lowest BCUT2D eigenvalue weighted by molar-refractivity contribution is -0.392. The van der Waals surface area contributed by atoms with Gasteiger partial charge in [0.2, 0.25) is 0 Å². The van der Waals surface area contributed by atoms with Crippen LogP contribution in [0.4, 0.5) is 44.3 Å². The molecular formula is C35H31F9N4O4S. The van der Waals surface area contributed by atoms with Gasteiger partial charge in [-0.3, -0.25) is 0 Å². The van der Waals surface area contributed by atoms with E-state index < -0.39 is 85.2 Å². The minimum Gasteiger partial charge on any atom is -0.349 e. The van der Waals surface area contributed by atoms with E-state index in [1.807, 2.05) is 0 Å². The third-order valence-electron chi connectivity index (χ3n) is 9.98. The summed E-state index contributed by atoms with van der Waals surface area (Å²) >= 11 is 0. The maximum absolute atomic E-state index is 14.6. The number of carbonyl (C=O) groups excluding carboxylic acids is 1. The van der Waals surface area contributed by atoms with Gasteiger partial charge < -0.3 is 19.5 Å². The van der Waals surface area contributed by atoms with Crippen LogP contribution in [0.5, 0.6) is 0 Å². The summed E-state index contributed by atoms with van der Waals surface area (Å²) in [6.07, 6.45) is -8.39. The molecule has 0 bridgehead atoms. The van der Waals surface area contributed by atoms with Crippen molar-refractivity contribution in [1.82, 2.24) is 19.8 Å². The van der Waals surface area contributed by atoms with Crippen LogP contribution in [0.25, 0.3) is 0 Å². The Morgan fingerprint density at radius 2 is 1.45 bits per heavy atom. The fourth-order valence-corrected chi connectivity index (χ4v) is 9.14. The number of urea groups is 1. The smallest absolute Gasteiger partial charge is 0.349 e. The number of H-pyrrole nitrogens is 1. The number of nitrogens with zero attached hydrogens (tertiary/aromatic N) is 3. The van der Waals surface area contributed by atoms with E-state index in [-0.39, 0.29) is 24.4 Å². The van der Waals surface area contributed by atoms with Gasteiger partial charge in [-0.15, -0.1) is 0 Å². The molecule has 2 amide bonds. The molecule has 53 heavy (non-hydrogen) atoms. The predicted octanol–water partition coefficient (Wildman–Crippen LogP) is 7.74. The number of aromatic amines is 1. The average molecular weight is 775 g/mol. The molecule has 18 heteroatoms. The Morgan fingerprint density at radius 3 is 2.00 bits per heavy atom. The van der Waals surface area contributed by atoms with Crippen molar-refractivity contribution < 1.29 is 57.5 Å². The highest BCUT2D eigenvalue weighted by molar-refractivity contribution is 7.92. The molecule has 1 N–H and O–H groups in total. The second kappa shape index (κ2) is 14.0. The number of rotatable bonds is 8. The highest BCUT2D eigenvalue weighted by Gasteiger charge is 2.73. The molecule has 0 radical (unpaired) electrons. The molecule has 6 rings (SSSR count). The van der Waals surface area contributed by atoms with Crippen molar-refractivity contribution in [3.63, 3.8) is 0 Å². The normalized spacial score (nSPS) is 19.2. The number of halogens is 9. The van der Waals surface area contributed by atoms with E-state index in [0.29, 0.717) is 50.2 Å². The fourth-order valence-electron chi connectivity index (χ4n) is 7.06. The van der Waals surface area contributed by atoms with E-state index in [0.717, 1.165) is 48.2 Å².